The summed E-state index contributed by atoms with van der Waals surface area (Å²) in [4.78, 5) is 11.7. The third kappa shape index (κ3) is 3.20. The summed E-state index contributed by atoms with van der Waals surface area (Å²) in [7, 11) is -1.46. The molecule has 106 valence electrons. The Morgan fingerprint density at radius 2 is 1.71 bits per heavy atom. The van der Waals surface area contributed by atoms with E-state index in [1.165, 1.54) is 6.08 Å². The highest BCUT2D eigenvalue weighted by atomic mass is 32.2. The van der Waals surface area contributed by atoms with E-state index in [4.69, 9.17) is 4.74 Å². The fourth-order valence-corrected chi connectivity index (χ4v) is 2.91. The van der Waals surface area contributed by atoms with Crippen molar-refractivity contribution >= 4 is 21.8 Å². The average molecular weight is 299 g/mol. The first kappa shape index (κ1) is 13.6. The molecule has 0 saturated carbocycles. The Kier molecular flexibility index (Phi) is 3.83. The second-order valence-corrected chi connectivity index (χ2v) is 5.72. The summed E-state index contributed by atoms with van der Waals surface area (Å²) in [5.41, 5.74) is 1.84. The Morgan fingerprint density at radius 3 is 2.33 bits per heavy atom. The fraction of sp³-hybridized carbons (Fsp3) is 0.0625. The lowest BCUT2D eigenvalue weighted by Gasteiger charge is -2.07. The van der Waals surface area contributed by atoms with Gasteiger partial charge >= 0.3 is 0 Å². The number of nitrogens with one attached hydrogen (secondary N) is 1. The molecule has 0 spiro atoms. The van der Waals surface area contributed by atoms with Crippen LogP contribution in [0, 0.1) is 0 Å². The molecule has 1 amide bonds. The normalized spacial score (nSPS) is 17.2. The lowest BCUT2D eigenvalue weighted by Crippen LogP contribution is -2.16. The van der Waals surface area contributed by atoms with Crippen molar-refractivity contribution in [3.63, 3.8) is 0 Å². The van der Waals surface area contributed by atoms with Crippen LogP contribution in [0.4, 0.5) is 0 Å². The van der Waals surface area contributed by atoms with E-state index in [0.29, 0.717) is 11.5 Å². The number of carbonyl (C=O) groups is 1. The zero-order chi connectivity index (χ0) is 14.7. The van der Waals surface area contributed by atoms with Gasteiger partial charge in [-0.05, 0) is 23.3 Å². The molecule has 2 aromatic carbocycles. The highest BCUT2D eigenvalue weighted by Crippen LogP contribution is 2.23. The van der Waals surface area contributed by atoms with Crippen LogP contribution >= 0.6 is 0 Å². The molecule has 1 atom stereocenters. The molecule has 2 aromatic rings. The Labute approximate surface area is 125 Å². The Bertz CT molecular complexity index is 708. The van der Waals surface area contributed by atoms with Crippen molar-refractivity contribution in [2.75, 3.05) is 0 Å². The maximum Gasteiger partial charge on any atom is 0.257 e. The number of rotatable bonds is 4. The smallest absolute Gasteiger partial charge is 0.257 e. The van der Waals surface area contributed by atoms with Crippen molar-refractivity contribution in [1.29, 1.82) is 0 Å². The van der Waals surface area contributed by atoms with Gasteiger partial charge in [-0.15, -0.1) is 0 Å². The largest absolute Gasteiger partial charge is 0.489 e. The second kappa shape index (κ2) is 5.93. The SMILES string of the molecule is O=C1C=C(c2ccc(OCc3ccccc3)cc2)S(=O)N1. The molecule has 0 aromatic heterocycles. The molecule has 1 aliphatic heterocycles. The van der Waals surface area contributed by atoms with Crippen LogP contribution < -0.4 is 9.46 Å². The molecule has 1 N–H and O–H groups in total. The quantitative estimate of drug-likeness (QED) is 0.943. The minimum absolute atomic E-state index is 0.326. The summed E-state index contributed by atoms with van der Waals surface area (Å²) in [6.07, 6.45) is 1.36. The van der Waals surface area contributed by atoms with E-state index in [9.17, 15) is 9.00 Å². The lowest BCUT2D eigenvalue weighted by atomic mass is 10.2. The first-order valence-corrected chi connectivity index (χ1v) is 7.58. The van der Waals surface area contributed by atoms with E-state index in [-0.39, 0.29) is 5.91 Å². The van der Waals surface area contributed by atoms with Gasteiger partial charge in [-0.3, -0.25) is 9.52 Å². The van der Waals surface area contributed by atoms with Crippen LogP contribution in [0.1, 0.15) is 11.1 Å². The maximum atomic E-state index is 11.7. The number of amides is 1. The van der Waals surface area contributed by atoms with Crippen LogP contribution in [0.2, 0.25) is 0 Å². The van der Waals surface area contributed by atoms with Gasteiger partial charge in [0.15, 0.2) is 11.0 Å². The molecular weight excluding hydrogens is 286 g/mol. The zero-order valence-corrected chi connectivity index (χ0v) is 11.9. The van der Waals surface area contributed by atoms with Crippen LogP contribution in [0.5, 0.6) is 5.75 Å². The van der Waals surface area contributed by atoms with Crippen LogP contribution in [-0.2, 0) is 22.4 Å². The summed E-state index contributed by atoms with van der Waals surface area (Å²) in [6, 6.07) is 17.1. The Hall–Kier alpha value is -2.40. The van der Waals surface area contributed by atoms with E-state index < -0.39 is 11.0 Å². The lowest BCUT2D eigenvalue weighted by molar-refractivity contribution is -0.114. The average Bonchev–Trinajstić information content (AvgIpc) is 2.85. The van der Waals surface area contributed by atoms with Crippen molar-refractivity contribution < 1.29 is 13.7 Å². The van der Waals surface area contributed by atoms with E-state index in [2.05, 4.69) is 4.72 Å². The van der Waals surface area contributed by atoms with Gasteiger partial charge in [0, 0.05) is 6.08 Å². The highest BCUT2D eigenvalue weighted by Gasteiger charge is 2.20. The topological polar surface area (TPSA) is 55.4 Å². The molecule has 5 heteroatoms. The van der Waals surface area contributed by atoms with Crippen LogP contribution in [0.15, 0.2) is 60.7 Å². The van der Waals surface area contributed by atoms with Crippen molar-refractivity contribution in [2.45, 2.75) is 6.61 Å². The van der Waals surface area contributed by atoms with Crippen molar-refractivity contribution in [3.8, 4) is 5.75 Å². The second-order valence-electron chi connectivity index (χ2n) is 4.54. The standard InChI is InChI=1S/C16H13NO3S/c18-16-10-15(21(19)17-16)13-6-8-14(9-7-13)20-11-12-4-2-1-3-5-12/h1-10H,11H2,(H,17,18). The zero-order valence-electron chi connectivity index (χ0n) is 11.1. The molecule has 3 rings (SSSR count). The summed E-state index contributed by atoms with van der Waals surface area (Å²) in [5, 5.41) is 0. The first-order chi connectivity index (χ1) is 10.2. The maximum absolute atomic E-state index is 11.7. The van der Waals surface area contributed by atoms with Crippen LogP contribution in [0.3, 0.4) is 0 Å². The molecule has 21 heavy (non-hydrogen) atoms. The van der Waals surface area contributed by atoms with Gasteiger partial charge in [0.2, 0.25) is 0 Å². The van der Waals surface area contributed by atoms with E-state index in [1.54, 1.807) is 24.3 Å². The highest BCUT2D eigenvalue weighted by molar-refractivity contribution is 7.93. The molecule has 1 unspecified atom stereocenters. The molecule has 1 aliphatic rings. The number of benzene rings is 2. The van der Waals surface area contributed by atoms with E-state index >= 15 is 0 Å². The monoisotopic (exact) mass is 299 g/mol. The van der Waals surface area contributed by atoms with Gasteiger partial charge in [0.25, 0.3) is 5.91 Å². The number of carbonyl (C=O) groups excluding carboxylic acids is 1. The van der Waals surface area contributed by atoms with Gasteiger partial charge in [-0.2, -0.15) is 0 Å². The molecule has 0 saturated heterocycles. The van der Waals surface area contributed by atoms with Gasteiger partial charge in [0.1, 0.15) is 12.4 Å². The number of hydrogen-bond donors (Lipinski definition) is 1. The molecule has 0 bridgehead atoms. The predicted molar refractivity (Wildman–Crippen MR) is 81.5 cm³/mol. The summed E-state index contributed by atoms with van der Waals surface area (Å²) in [6.45, 7) is 0.495. The Balaban J connectivity index is 1.69. The molecule has 0 aliphatic carbocycles. The number of ether oxygens (including phenoxy) is 1. The molecule has 0 radical (unpaired) electrons. The molecule has 4 nitrogen and oxygen atoms in total. The van der Waals surface area contributed by atoms with Gasteiger partial charge in [-0.1, -0.05) is 42.5 Å². The van der Waals surface area contributed by atoms with E-state index in [0.717, 1.165) is 16.9 Å². The molecule has 0 fully saturated rings. The van der Waals surface area contributed by atoms with Crippen molar-refractivity contribution in [2.24, 2.45) is 0 Å². The van der Waals surface area contributed by atoms with Gasteiger partial charge in [-0.25, -0.2) is 4.21 Å². The molecular formula is C16H13NO3S. The fourth-order valence-electron chi connectivity index (χ4n) is 2.00. The minimum atomic E-state index is -1.46. The first-order valence-electron chi connectivity index (χ1n) is 6.43. The van der Waals surface area contributed by atoms with Gasteiger partial charge < -0.3 is 4.74 Å². The molecule has 1 heterocycles. The number of hydrogen-bond acceptors (Lipinski definition) is 3. The summed E-state index contributed by atoms with van der Waals surface area (Å²) >= 11 is 0. The van der Waals surface area contributed by atoms with Crippen LogP contribution in [0.25, 0.3) is 4.91 Å². The summed E-state index contributed by atoms with van der Waals surface area (Å²) in [5.74, 6) is 0.402. The summed E-state index contributed by atoms with van der Waals surface area (Å²) < 4.78 is 19.7. The minimum Gasteiger partial charge on any atom is -0.489 e. The predicted octanol–water partition coefficient (Wildman–Crippen LogP) is 2.40. The third-order valence-corrected chi connectivity index (χ3v) is 4.18. The third-order valence-electron chi connectivity index (χ3n) is 3.04. The van der Waals surface area contributed by atoms with Crippen molar-refractivity contribution in [3.05, 3.63) is 71.8 Å². The van der Waals surface area contributed by atoms with Gasteiger partial charge in [0.05, 0.1) is 4.91 Å². The van der Waals surface area contributed by atoms with Crippen LogP contribution in [-0.4, -0.2) is 10.1 Å². The van der Waals surface area contributed by atoms with Crippen molar-refractivity contribution in [1.82, 2.24) is 4.72 Å². The Morgan fingerprint density at radius 1 is 1.00 bits per heavy atom. The van der Waals surface area contributed by atoms with E-state index in [1.807, 2.05) is 30.3 Å².